The van der Waals surface area contributed by atoms with E-state index in [1.54, 1.807) is 23.1 Å². The van der Waals surface area contributed by atoms with Crippen LogP contribution in [0, 0.1) is 0 Å². The van der Waals surface area contributed by atoms with Gasteiger partial charge >= 0.3 is 11.9 Å². The molecule has 32 heavy (non-hydrogen) atoms. The van der Waals surface area contributed by atoms with Crippen molar-refractivity contribution in [2.75, 3.05) is 36.0 Å². The number of anilines is 2. The monoisotopic (exact) mass is 448 g/mol. The maximum Gasteiger partial charge on any atom is 0.435 e. The number of aromatic nitrogens is 5. The minimum Gasteiger partial charge on any atom is -0.545 e. The Morgan fingerprint density at radius 1 is 1.09 bits per heavy atom. The number of carbonyl (C=O) groups excluding carboxylic acids is 1. The van der Waals surface area contributed by atoms with E-state index < -0.39 is 23.5 Å². The first kappa shape index (κ1) is 21.3. The summed E-state index contributed by atoms with van der Waals surface area (Å²) in [6, 6.07) is 7.28. The smallest absolute Gasteiger partial charge is 0.435 e. The molecule has 0 bridgehead atoms. The quantitative estimate of drug-likeness (QED) is 0.538. The van der Waals surface area contributed by atoms with Gasteiger partial charge in [0, 0.05) is 38.1 Å². The molecule has 1 fully saturated rings. The molecule has 3 aromatic rings. The van der Waals surface area contributed by atoms with E-state index in [-0.39, 0.29) is 18.2 Å². The van der Waals surface area contributed by atoms with E-state index in [1.165, 1.54) is 12.4 Å². The molecule has 4 rings (SSSR count). The fourth-order valence-electron chi connectivity index (χ4n) is 3.34. The number of benzene rings is 1. The highest BCUT2D eigenvalue weighted by atomic mass is 19.4. The van der Waals surface area contributed by atoms with Gasteiger partial charge in [0.25, 0.3) is 0 Å². The molecule has 1 saturated heterocycles. The van der Waals surface area contributed by atoms with Gasteiger partial charge in [-0.1, -0.05) is 12.1 Å². The van der Waals surface area contributed by atoms with E-state index in [9.17, 15) is 27.9 Å². The number of carbonyl (C=O) groups is 1. The topological polar surface area (TPSA) is 112 Å². The van der Waals surface area contributed by atoms with Crippen molar-refractivity contribution in [3.05, 3.63) is 64.6 Å². The molecule has 0 N–H and O–H groups in total. The first-order valence-electron chi connectivity index (χ1n) is 9.56. The average Bonchev–Trinajstić information content (AvgIpc) is 3.25. The van der Waals surface area contributed by atoms with Gasteiger partial charge in [-0.15, -0.1) is 0 Å². The summed E-state index contributed by atoms with van der Waals surface area (Å²) in [6.45, 7) is 1.84. The summed E-state index contributed by atoms with van der Waals surface area (Å²) >= 11 is 0. The zero-order chi connectivity index (χ0) is 22.9. The number of halogens is 3. The lowest BCUT2D eigenvalue weighted by Crippen LogP contribution is -2.48. The molecule has 1 aromatic carbocycles. The maximum absolute atomic E-state index is 12.7. The molecule has 0 spiro atoms. The van der Waals surface area contributed by atoms with Crippen LogP contribution in [0.1, 0.15) is 16.1 Å². The van der Waals surface area contributed by atoms with Gasteiger partial charge in [0.2, 0.25) is 5.95 Å². The largest absolute Gasteiger partial charge is 0.545 e. The van der Waals surface area contributed by atoms with Crippen molar-refractivity contribution < 1.29 is 23.1 Å². The van der Waals surface area contributed by atoms with Crippen LogP contribution in [0.3, 0.4) is 0 Å². The number of alkyl halides is 3. The van der Waals surface area contributed by atoms with Crippen LogP contribution in [-0.2, 0) is 12.8 Å². The molecule has 3 heterocycles. The van der Waals surface area contributed by atoms with Gasteiger partial charge in [-0.05, 0) is 23.8 Å². The Morgan fingerprint density at radius 2 is 1.81 bits per heavy atom. The third kappa shape index (κ3) is 4.55. The predicted molar refractivity (Wildman–Crippen MR) is 104 cm³/mol. The lowest BCUT2D eigenvalue weighted by molar-refractivity contribution is -0.255. The molecular formula is C19H17F3N7O3-. The number of nitrogens with zero attached hydrogens (tertiary/aromatic N) is 7. The Morgan fingerprint density at radius 3 is 2.44 bits per heavy atom. The minimum atomic E-state index is -4.56. The molecule has 1 aliphatic rings. The summed E-state index contributed by atoms with van der Waals surface area (Å²) in [4.78, 5) is 35.3. The molecule has 0 unspecified atom stereocenters. The SMILES string of the molecule is O=C([O-])c1cccc(N2CCN(c3ncn(Cn4ccc(C(F)(F)F)n4)c(=O)n3)CC2)c1. The zero-order valence-corrected chi connectivity index (χ0v) is 16.6. The molecule has 13 heteroatoms. The van der Waals surface area contributed by atoms with Crippen LogP contribution in [-0.4, -0.2) is 56.5 Å². The third-order valence-corrected chi connectivity index (χ3v) is 4.99. The number of aromatic carboxylic acids is 1. The molecule has 2 aromatic heterocycles. The molecule has 0 atom stereocenters. The van der Waals surface area contributed by atoms with Gasteiger partial charge in [-0.25, -0.2) is 9.78 Å². The van der Waals surface area contributed by atoms with Gasteiger partial charge in [-0.3, -0.25) is 9.25 Å². The average molecular weight is 448 g/mol. The van der Waals surface area contributed by atoms with Crippen LogP contribution >= 0.6 is 0 Å². The molecule has 0 amide bonds. The van der Waals surface area contributed by atoms with Crippen molar-refractivity contribution in [2.24, 2.45) is 0 Å². The molecular weight excluding hydrogens is 431 g/mol. The summed E-state index contributed by atoms with van der Waals surface area (Å²) < 4.78 is 40.0. The summed E-state index contributed by atoms with van der Waals surface area (Å²) in [5.74, 6) is -1.03. The number of carboxylic acids is 1. The normalized spacial score (nSPS) is 14.6. The van der Waals surface area contributed by atoms with Crippen molar-refractivity contribution >= 4 is 17.6 Å². The Labute approximate surface area is 179 Å². The Bertz CT molecular complexity index is 1180. The van der Waals surface area contributed by atoms with Crippen LogP contribution < -0.4 is 20.6 Å². The number of hydrogen-bond donors (Lipinski definition) is 0. The van der Waals surface area contributed by atoms with Crippen LogP contribution in [0.25, 0.3) is 0 Å². The number of hydrogen-bond acceptors (Lipinski definition) is 8. The second-order valence-electron chi connectivity index (χ2n) is 7.10. The second kappa shape index (κ2) is 8.32. The van der Waals surface area contributed by atoms with E-state index in [2.05, 4.69) is 15.1 Å². The molecule has 10 nitrogen and oxygen atoms in total. The summed E-state index contributed by atoms with van der Waals surface area (Å²) in [6.07, 6.45) is -2.22. The standard InChI is InChI=1S/C19H18F3N7O3/c20-19(21,22)15-4-5-29(25-15)12-28-11-23-17(24-18(28)32)27-8-6-26(7-9-27)14-3-1-2-13(10-14)16(30)31/h1-5,10-11H,6-9,12H2,(H,30,31)/p-1. The van der Waals surface area contributed by atoms with Crippen molar-refractivity contribution in [3.63, 3.8) is 0 Å². The van der Waals surface area contributed by atoms with Crippen LogP contribution in [0.5, 0.6) is 0 Å². The zero-order valence-electron chi connectivity index (χ0n) is 16.6. The van der Waals surface area contributed by atoms with Gasteiger partial charge in [-0.2, -0.15) is 23.3 Å². The summed E-state index contributed by atoms with van der Waals surface area (Å²) in [7, 11) is 0. The molecule has 0 radical (unpaired) electrons. The van der Waals surface area contributed by atoms with Gasteiger partial charge in [0.15, 0.2) is 5.69 Å². The van der Waals surface area contributed by atoms with E-state index in [4.69, 9.17) is 0 Å². The number of carboxylic acid groups (broad SMARTS) is 1. The van der Waals surface area contributed by atoms with Gasteiger partial charge in [0.05, 0.1) is 5.97 Å². The predicted octanol–water partition coefficient (Wildman–Crippen LogP) is 0.0495. The fourth-order valence-corrected chi connectivity index (χ4v) is 3.34. The fraction of sp³-hybridized carbons (Fsp3) is 0.316. The number of rotatable bonds is 5. The first-order valence-corrected chi connectivity index (χ1v) is 9.56. The lowest BCUT2D eigenvalue weighted by atomic mass is 10.1. The summed E-state index contributed by atoms with van der Waals surface area (Å²) in [5.41, 5.74) is -0.870. The molecule has 1 aliphatic heterocycles. The van der Waals surface area contributed by atoms with Crippen LogP contribution in [0.15, 0.2) is 47.7 Å². The van der Waals surface area contributed by atoms with Crippen molar-refractivity contribution in [3.8, 4) is 0 Å². The van der Waals surface area contributed by atoms with E-state index in [0.29, 0.717) is 26.2 Å². The lowest BCUT2D eigenvalue weighted by Gasteiger charge is -2.36. The van der Waals surface area contributed by atoms with E-state index in [0.717, 1.165) is 27.2 Å². The Kier molecular flexibility index (Phi) is 5.55. The molecule has 0 saturated carbocycles. The van der Waals surface area contributed by atoms with Crippen molar-refractivity contribution in [1.82, 2.24) is 24.3 Å². The highest BCUT2D eigenvalue weighted by Gasteiger charge is 2.33. The second-order valence-corrected chi connectivity index (χ2v) is 7.10. The Balaban J connectivity index is 1.41. The van der Waals surface area contributed by atoms with E-state index in [1.807, 2.05) is 4.90 Å². The highest BCUT2D eigenvalue weighted by molar-refractivity contribution is 5.87. The highest BCUT2D eigenvalue weighted by Crippen LogP contribution is 2.27. The van der Waals surface area contributed by atoms with Crippen molar-refractivity contribution in [2.45, 2.75) is 12.8 Å². The van der Waals surface area contributed by atoms with Gasteiger partial charge < -0.3 is 19.7 Å². The number of piperazine rings is 1. The minimum absolute atomic E-state index is 0.0939. The van der Waals surface area contributed by atoms with Crippen LogP contribution in [0.4, 0.5) is 24.8 Å². The van der Waals surface area contributed by atoms with Crippen molar-refractivity contribution in [1.29, 1.82) is 0 Å². The van der Waals surface area contributed by atoms with Crippen LogP contribution in [0.2, 0.25) is 0 Å². The third-order valence-electron chi connectivity index (χ3n) is 4.99. The summed E-state index contributed by atoms with van der Waals surface area (Å²) in [5, 5.41) is 14.5. The first-order chi connectivity index (χ1) is 15.2. The molecule has 168 valence electrons. The maximum atomic E-state index is 12.7. The van der Waals surface area contributed by atoms with E-state index >= 15 is 0 Å². The molecule has 0 aliphatic carbocycles. The Hall–Kier alpha value is -3.90. The van der Waals surface area contributed by atoms with Gasteiger partial charge in [0.1, 0.15) is 13.0 Å².